The summed E-state index contributed by atoms with van der Waals surface area (Å²) < 4.78 is 3.75. The van der Waals surface area contributed by atoms with Crippen molar-refractivity contribution in [3.8, 4) is 0 Å². The van der Waals surface area contributed by atoms with E-state index in [9.17, 15) is 0 Å². The van der Waals surface area contributed by atoms with Gasteiger partial charge in [0.15, 0.2) is 0 Å². The van der Waals surface area contributed by atoms with Gasteiger partial charge in [0, 0.05) is 0 Å². The number of allylic oxidation sites excluding steroid dienone is 8. The first-order valence-corrected chi connectivity index (χ1v) is 24.1. The van der Waals surface area contributed by atoms with E-state index in [-0.39, 0.29) is 17.0 Å². The summed E-state index contributed by atoms with van der Waals surface area (Å²) in [6, 6.07) is 0. The molecule has 0 bridgehead atoms. The molecule has 0 saturated heterocycles. The van der Waals surface area contributed by atoms with Gasteiger partial charge < -0.3 is 0 Å². The van der Waals surface area contributed by atoms with Gasteiger partial charge >= 0.3 is 89.2 Å². The van der Waals surface area contributed by atoms with Gasteiger partial charge in [-0.25, -0.2) is 0 Å². The van der Waals surface area contributed by atoms with Crippen molar-refractivity contribution >= 4 is 31.7 Å². The van der Waals surface area contributed by atoms with Gasteiger partial charge in [-0.3, -0.25) is 0 Å². The van der Waals surface area contributed by atoms with Gasteiger partial charge in [-0.2, -0.15) is 0 Å². The molecule has 0 aliphatic heterocycles. The van der Waals surface area contributed by atoms with Crippen LogP contribution in [0.1, 0.15) is 12.8 Å². The van der Waals surface area contributed by atoms with Crippen molar-refractivity contribution in [2.75, 3.05) is 0 Å². The van der Waals surface area contributed by atoms with Crippen LogP contribution in [-0.4, -0.2) is 14.7 Å². The molecule has 0 amide bonds. The Kier molecular flexibility index (Phi) is 4.76. The topological polar surface area (TPSA) is 0 Å². The summed E-state index contributed by atoms with van der Waals surface area (Å²) in [6.07, 6.45) is 16.6. The normalized spacial score (nSPS) is 19.7. The first kappa shape index (κ1) is 12.8. The second-order valence-corrected chi connectivity index (χ2v) is 50.9. The van der Waals surface area contributed by atoms with E-state index >= 15 is 0 Å². The predicted molar refractivity (Wildman–Crippen MR) is 73.9 cm³/mol. The Morgan fingerprint density at radius 3 is 1.64 bits per heavy atom. The number of rotatable bonds is 2. The molecule has 0 aromatic rings. The van der Waals surface area contributed by atoms with Gasteiger partial charge in [-0.05, 0) is 0 Å². The maximum atomic E-state index is 2.43. The molecule has 0 nitrogen and oxygen atoms in total. The third-order valence-electron chi connectivity index (χ3n) is 3.15. The Morgan fingerprint density at radius 1 is 0.929 bits per heavy atom. The van der Waals surface area contributed by atoms with Crippen molar-refractivity contribution in [3.63, 3.8) is 0 Å². The van der Waals surface area contributed by atoms with Gasteiger partial charge in [0.1, 0.15) is 0 Å². The molecule has 0 aromatic heterocycles. The summed E-state index contributed by atoms with van der Waals surface area (Å²) >= 11 is -1.73. The van der Waals surface area contributed by atoms with E-state index in [2.05, 4.69) is 36.5 Å². The SMILES string of the molecule is Br.[SiH3][Zr]([SiH3])([C]1=CC=CC1)[C]1=CC=CC1. The molecule has 0 heterocycles. The van der Waals surface area contributed by atoms with Gasteiger partial charge in [0.05, 0.1) is 0 Å². The second-order valence-electron chi connectivity index (χ2n) is 4.27. The first-order chi connectivity index (χ1) is 6.21. The minimum atomic E-state index is -1.73. The molecule has 0 spiro atoms. The van der Waals surface area contributed by atoms with Crippen molar-refractivity contribution in [2.45, 2.75) is 12.8 Å². The van der Waals surface area contributed by atoms with Crippen molar-refractivity contribution in [1.29, 1.82) is 0 Å². The summed E-state index contributed by atoms with van der Waals surface area (Å²) in [6.45, 7) is 0. The van der Waals surface area contributed by atoms with Crippen LogP contribution in [0.25, 0.3) is 0 Å². The Balaban J connectivity index is 0.000000980. The van der Waals surface area contributed by atoms with E-state index in [0.717, 1.165) is 0 Å². The molecule has 2 aliphatic rings. The van der Waals surface area contributed by atoms with Gasteiger partial charge in [-0.15, -0.1) is 17.0 Å². The molecule has 0 atom stereocenters. The van der Waals surface area contributed by atoms with E-state index in [1.165, 1.54) is 27.6 Å². The van der Waals surface area contributed by atoms with Crippen LogP contribution in [0.2, 0.25) is 0 Å². The zero-order valence-electron chi connectivity index (χ0n) is 8.79. The predicted octanol–water partition coefficient (Wildman–Crippen LogP) is 0.967. The van der Waals surface area contributed by atoms with E-state index < -0.39 is 18.6 Å². The summed E-state index contributed by atoms with van der Waals surface area (Å²) in [7, 11) is 2.98. The fourth-order valence-corrected chi connectivity index (χ4v) is 17.4. The van der Waals surface area contributed by atoms with Crippen LogP contribution < -0.4 is 0 Å². The molecule has 0 radical (unpaired) electrons. The third-order valence-corrected chi connectivity index (χ3v) is 28.1. The maximum absolute atomic E-state index is 2.43. The summed E-state index contributed by atoms with van der Waals surface area (Å²) in [5, 5.41) is 0. The molecule has 0 saturated carbocycles. The summed E-state index contributed by atoms with van der Waals surface area (Å²) in [5.74, 6) is 0. The molecule has 0 unspecified atom stereocenters. The Morgan fingerprint density at radius 2 is 1.36 bits per heavy atom. The Bertz CT molecular complexity index is 308. The minimum absolute atomic E-state index is 0. The van der Waals surface area contributed by atoms with E-state index in [1.807, 2.05) is 6.56 Å². The van der Waals surface area contributed by atoms with E-state index in [0.29, 0.717) is 0 Å². The molecule has 0 aromatic carbocycles. The van der Waals surface area contributed by atoms with Gasteiger partial charge in [-0.1, -0.05) is 0 Å². The third kappa shape index (κ3) is 2.46. The van der Waals surface area contributed by atoms with Crippen molar-refractivity contribution in [2.24, 2.45) is 0 Å². The van der Waals surface area contributed by atoms with Crippen LogP contribution in [-0.2, 0) is 18.6 Å². The zero-order chi connectivity index (χ0) is 9.31. The quantitative estimate of drug-likeness (QED) is 0.641. The van der Waals surface area contributed by atoms with Crippen molar-refractivity contribution in [1.82, 2.24) is 0 Å². The molecular weight excluding hydrogens is 347 g/mol. The average molecular weight is 365 g/mol. The first-order valence-electron chi connectivity index (χ1n) is 4.93. The van der Waals surface area contributed by atoms with Gasteiger partial charge in [0.25, 0.3) is 0 Å². The Labute approximate surface area is 105 Å². The second kappa shape index (κ2) is 5.20. The van der Waals surface area contributed by atoms with Crippen LogP contribution in [0, 0.1) is 0 Å². The molecule has 4 heteroatoms. The fraction of sp³-hybridized carbons (Fsp3) is 0.200. The monoisotopic (exact) mass is 362 g/mol. The van der Waals surface area contributed by atoms with E-state index in [1.54, 1.807) is 0 Å². The molecule has 2 aliphatic carbocycles. The molecule has 0 N–H and O–H groups in total. The summed E-state index contributed by atoms with van der Waals surface area (Å²) in [5.41, 5.74) is 0. The van der Waals surface area contributed by atoms with Crippen molar-refractivity contribution in [3.05, 3.63) is 43.0 Å². The van der Waals surface area contributed by atoms with E-state index in [4.69, 9.17) is 0 Å². The standard InChI is InChI=1S/2C5H5.BrH.2H3Si.Zr/c2*1-2-4-5-3-1;;;;/h2*1-3H,4H2;1H;2*1H3;. The van der Waals surface area contributed by atoms with Crippen LogP contribution in [0.15, 0.2) is 43.0 Å². The van der Waals surface area contributed by atoms with Crippen LogP contribution in [0.5, 0.6) is 0 Å². The summed E-state index contributed by atoms with van der Waals surface area (Å²) in [4.78, 5) is 0. The van der Waals surface area contributed by atoms with Crippen LogP contribution in [0.4, 0.5) is 0 Å². The molecule has 0 fully saturated rings. The van der Waals surface area contributed by atoms with Crippen LogP contribution >= 0.6 is 17.0 Å². The average Bonchev–Trinajstić information content (AvgIpc) is 2.78. The fourth-order valence-electron chi connectivity index (χ4n) is 2.03. The number of hydrogen-bond acceptors (Lipinski definition) is 0. The van der Waals surface area contributed by atoms with Crippen LogP contribution in [0.3, 0.4) is 0 Å². The molecule has 76 valence electrons. The number of hydrogen-bond donors (Lipinski definition) is 0. The zero-order valence-corrected chi connectivity index (χ0v) is 17.0. The number of halogens is 1. The molecule has 14 heavy (non-hydrogen) atoms. The van der Waals surface area contributed by atoms with Crippen molar-refractivity contribution < 1.29 is 18.6 Å². The van der Waals surface area contributed by atoms with Gasteiger partial charge in [0.2, 0.25) is 0 Å². The Hall–Kier alpha value is 0.757. The molecular formula is C10H17BrSi2Zr. The molecule has 2 rings (SSSR count).